The number of methoxy groups -OCH3 is 2. The molecule has 0 atom stereocenters. The number of aromatic nitrogens is 1. The number of carbonyl (C=O) groups excluding carboxylic acids is 3. The number of carbonyl (C=O) groups is 3. The van der Waals surface area contributed by atoms with Crippen LogP contribution in [0.5, 0.6) is 17.2 Å². The number of nitrogens with one attached hydrogen (secondary N) is 2. The fourth-order valence-corrected chi connectivity index (χ4v) is 3.07. The van der Waals surface area contributed by atoms with Crippen molar-refractivity contribution in [1.82, 2.24) is 15.4 Å². The summed E-state index contributed by atoms with van der Waals surface area (Å²) in [4.78, 5) is 36.2. The molecule has 10 heteroatoms. The van der Waals surface area contributed by atoms with Gasteiger partial charge in [0, 0.05) is 29.7 Å². The largest absolute Gasteiger partial charge is 0.493 e. The molecule has 3 rings (SSSR count). The van der Waals surface area contributed by atoms with Crippen LogP contribution in [0.1, 0.15) is 20.7 Å². The van der Waals surface area contributed by atoms with Gasteiger partial charge in [0.1, 0.15) is 0 Å². The number of hydrogen-bond donors (Lipinski definition) is 3. The second-order valence-corrected chi connectivity index (χ2v) is 6.54. The lowest BCUT2D eigenvalue weighted by atomic mass is 10.1. The van der Waals surface area contributed by atoms with Crippen LogP contribution in [0.3, 0.4) is 0 Å². The number of hydrogen-bond acceptors (Lipinski definition) is 6. The molecule has 0 bridgehead atoms. The molecule has 0 radical (unpaired) electrons. The number of ether oxygens (including phenoxy) is 3. The van der Waals surface area contributed by atoms with E-state index in [1.54, 1.807) is 6.20 Å². The number of rotatable bonds is 7. The molecule has 0 saturated heterocycles. The summed E-state index contributed by atoms with van der Waals surface area (Å²) in [6.07, 6.45) is 1.68. The predicted molar refractivity (Wildman–Crippen MR) is 112 cm³/mol. The van der Waals surface area contributed by atoms with E-state index in [2.05, 4.69) is 10.9 Å². The molecule has 1 aromatic heterocycles. The van der Waals surface area contributed by atoms with E-state index in [9.17, 15) is 14.4 Å². The summed E-state index contributed by atoms with van der Waals surface area (Å²) in [5, 5.41) is 0.760. The normalized spacial score (nSPS) is 10.4. The first-order valence-corrected chi connectivity index (χ1v) is 9.17. The van der Waals surface area contributed by atoms with Gasteiger partial charge < -0.3 is 24.5 Å². The fourth-order valence-electron chi connectivity index (χ4n) is 3.07. The molecule has 1 heterocycles. The lowest BCUT2D eigenvalue weighted by Gasteiger charge is -2.15. The Morgan fingerprint density at radius 2 is 1.61 bits per heavy atom. The smallest absolute Gasteiger partial charge is 0.271 e. The Morgan fingerprint density at radius 3 is 2.23 bits per heavy atom. The molecular weight excluding hydrogens is 404 g/mol. The number of hydrazine groups is 1. The number of primary amides is 1. The first kappa shape index (κ1) is 21.5. The van der Waals surface area contributed by atoms with Crippen LogP contribution in [0, 0.1) is 0 Å². The minimum Gasteiger partial charge on any atom is -0.493 e. The van der Waals surface area contributed by atoms with Crippen molar-refractivity contribution in [1.29, 1.82) is 0 Å². The number of aryl methyl sites for hydroxylation is 1. The van der Waals surface area contributed by atoms with Crippen molar-refractivity contribution in [2.45, 2.75) is 0 Å². The van der Waals surface area contributed by atoms with Crippen LogP contribution in [0.25, 0.3) is 10.9 Å². The lowest BCUT2D eigenvalue weighted by Crippen LogP contribution is -2.41. The van der Waals surface area contributed by atoms with E-state index in [1.807, 2.05) is 35.9 Å². The van der Waals surface area contributed by atoms with Crippen molar-refractivity contribution < 1.29 is 28.6 Å². The third-order valence-corrected chi connectivity index (χ3v) is 4.51. The predicted octanol–water partition coefficient (Wildman–Crippen LogP) is 1.13. The van der Waals surface area contributed by atoms with Gasteiger partial charge in [0.15, 0.2) is 18.1 Å². The summed E-state index contributed by atoms with van der Waals surface area (Å²) >= 11 is 0. The number of para-hydroxylation sites is 1. The van der Waals surface area contributed by atoms with E-state index in [0.717, 1.165) is 10.9 Å². The fraction of sp³-hybridized carbons (Fsp3) is 0.190. The number of nitrogens with zero attached hydrogens (tertiary/aromatic N) is 1. The topological polar surface area (TPSA) is 134 Å². The van der Waals surface area contributed by atoms with E-state index >= 15 is 0 Å². The van der Waals surface area contributed by atoms with Crippen molar-refractivity contribution in [2.24, 2.45) is 12.8 Å². The highest BCUT2D eigenvalue weighted by Gasteiger charge is 2.20. The van der Waals surface area contributed by atoms with Crippen LogP contribution < -0.4 is 30.8 Å². The molecule has 10 nitrogen and oxygen atoms in total. The van der Waals surface area contributed by atoms with Gasteiger partial charge >= 0.3 is 0 Å². The molecule has 31 heavy (non-hydrogen) atoms. The third-order valence-electron chi connectivity index (χ3n) is 4.51. The second kappa shape index (κ2) is 9.08. The highest BCUT2D eigenvalue weighted by Crippen LogP contribution is 2.38. The van der Waals surface area contributed by atoms with E-state index in [-0.39, 0.29) is 29.4 Å². The number of nitrogens with two attached hydrogens (primary N) is 1. The van der Waals surface area contributed by atoms with Crippen LogP contribution in [0.2, 0.25) is 0 Å². The molecule has 3 aromatic rings. The molecule has 0 fully saturated rings. The first-order chi connectivity index (χ1) is 14.8. The summed E-state index contributed by atoms with van der Waals surface area (Å²) in [7, 11) is 4.57. The zero-order valence-electron chi connectivity index (χ0n) is 17.2. The molecule has 0 aliphatic heterocycles. The van der Waals surface area contributed by atoms with Crippen molar-refractivity contribution >= 4 is 28.6 Å². The number of benzene rings is 2. The SMILES string of the molecule is COc1cc(C(=O)NNC(=O)c2cn(C)c3ccccc23)cc(OC)c1OCC(N)=O. The van der Waals surface area contributed by atoms with Gasteiger partial charge in [-0.3, -0.25) is 25.2 Å². The second-order valence-electron chi connectivity index (χ2n) is 6.54. The molecule has 4 N–H and O–H groups in total. The molecule has 162 valence electrons. The molecule has 2 aromatic carbocycles. The Labute approximate surface area is 177 Å². The average molecular weight is 426 g/mol. The average Bonchev–Trinajstić information content (AvgIpc) is 3.11. The van der Waals surface area contributed by atoms with Gasteiger partial charge in [0.25, 0.3) is 17.7 Å². The molecule has 0 aliphatic rings. The minimum absolute atomic E-state index is 0.125. The van der Waals surface area contributed by atoms with Crippen LogP contribution in [0.15, 0.2) is 42.6 Å². The van der Waals surface area contributed by atoms with Gasteiger partial charge in [0.2, 0.25) is 5.75 Å². The summed E-state index contributed by atoms with van der Waals surface area (Å²) in [6, 6.07) is 10.2. The van der Waals surface area contributed by atoms with E-state index in [4.69, 9.17) is 19.9 Å². The molecule has 3 amide bonds. The van der Waals surface area contributed by atoms with Gasteiger partial charge in [-0.1, -0.05) is 18.2 Å². The Hall–Kier alpha value is -4.21. The van der Waals surface area contributed by atoms with Crippen molar-refractivity contribution in [2.75, 3.05) is 20.8 Å². The van der Waals surface area contributed by atoms with Crippen LogP contribution >= 0.6 is 0 Å². The zero-order valence-corrected chi connectivity index (χ0v) is 17.2. The Kier molecular flexibility index (Phi) is 6.29. The highest BCUT2D eigenvalue weighted by molar-refractivity contribution is 6.08. The third kappa shape index (κ3) is 4.53. The molecule has 0 spiro atoms. The van der Waals surface area contributed by atoms with E-state index in [0.29, 0.717) is 5.56 Å². The zero-order chi connectivity index (χ0) is 22.5. The quantitative estimate of drug-likeness (QED) is 0.485. The van der Waals surface area contributed by atoms with Crippen molar-refractivity contribution in [3.05, 3.63) is 53.7 Å². The summed E-state index contributed by atoms with van der Waals surface area (Å²) < 4.78 is 17.6. The first-order valence-electron chi connectivity index (χ1n) is 9.17. The molecule has 0 aliphatic carbocycles. The summed E-state index contributed by atoms with van der Waals surface area (Å²) in [6.45, 7) is -0.390. The minimum atomic E-state index is -0.679. The summed E-state index contributed by atoms with van der Waals surface area (Å²) in [5.41, 5.74) is 11.3. The number of amides is 3. The maximum absolute atomic E-state index is 12.6. The molecule has 0 saturated carbocycles. The van der Waals surface area contributed by atoms with Crippen LogP contribution in [-0.2, 0) is 11.8 Å². The van der Waals surface area contributed by atoms with Crippen molar-refractivity contribution in [3.8, 4) is 17.2 Å². The lowest BCUT2D eigenvalue weighted by molar-refractivity contribution is -0.120. The van der Waals surface area contributed by atoms with E-state index in [1.165, 1.54) is 26.4 Å². The maximum atomic E-state index is 12.6. The number of fused-ring (bicyclic) bond motifs is 1. The Balaban J connectivity index is 1.78. The van der Waals surface area contributed by atoms with Gasteiger partial charge in [-0.05, 0) is 18.2 Å². The van der Waals surface area contributed by atoms with Crippen LogP contribution in [-0.4, -0.2) is 43.1 Å². The van der Waals surface area contributed by atoms with Crippen molar-refractivity contribution in [3.63, 3.8) is 0 Å². The van der Waals surface area contributed by atoms with Gasteiger partial charge in [-0.2, -0.15) is 0 Å². The Morgan fingerprint density at radius 1 is 1.00 bits per heavy atom. The van der Waals surface area contributed by atoms with Gasteiger partial charge in [-0.25, -0.2) is 0 Å². The van der Waals surface area contributed by atoms with Gasteiger partial charge in [-0.15, -0.1) is 0 Å². The maximum Gasteiger partial charge on any atom is 0.271 e. The van der Waals surface area contributed by atoms with E-state index < -0.39 is 17.7 Å². The van der Waals surface area contributed by atoms with Gasteiger partial charge in [0.05, 0.1) is 19.8 Å². The van der Waals surface area contributed by atoms with Crippen LogP contribution in [0.4, 0.5) is 0 Å². The Bertz CT molecular complexity index is 1130. The highest BCUT2D eigenvalue weighted by atomic mass is 16.5. The summed E-state index contributed by atoms with van der Waals surface area (Å²) in [5.74, 6) is -1.31. The molecule has 0 unspecified atom stereocenters. The standard InChI is InChI=1S/C21H22N4O6/c1-25-10-14(13-6-4-5-7-15(13)25)21(28)24-23-20(27)12-8-16(29-2)19(17(9-12)30-3)31-11-18(22)26/h4-10H,11H2,1-3H3,(H2,22,26)(H,23,27)(H,24,28). The monoisotopic (exact) mass is 426 g/mol. The molecular formula is C21H22N4O6.